The Kier molecular flexibility index (Phi) is 11.1. The number of rotatable bonds is 10. The van der Waals surface area contributed by atoms with Gasteiger partial charge in [-0.3, -0.25) is 0 Å². The third kappa shape index (κ3) is 7.72. The van der Waals surface area contributed by atoms with E-state index in [9.17, 15) is 0 Å². The normalized spacial score (nSPS) is 12.2. The summed E-state index contributed by atoms with van der Waals surface area (Å²) in [6.45, 7) is 15.0. The van der Waals surface area contributed by atoms with Gasteiger partial charge in [-0.2, -0.15) is 0 Å². The van der Waals surface area contributed by atoms with Crippen molar-refractivity contribution >= 4 is 97.7 Å². The maximum atomic E-state index is 17.8. The highest BCUT2D eigenvalue weighted by Crippen LogP contribution is 2.49. The van der Waals surface area contributed by atoms with Crippen molar-refractivity contribution in [3.8, 4) is 50.2 Å². The van der Waals surface area contributed by atoms with Crippen molar-refractivity contribution in [2.45, 2.75) is 39.3 Å². The van der Waals surface area contributed by atoms with E-state index in [-0.39, 0.29) is 5.82 Å². The Bertz CT molecular complexity index is 4290. The molecule has 5 heteroatoms. The number of nitrogens with zero attached hydrogens (tertiary/aromatic N) is 2. The fraction of sp³-hybridized carbons (Fsp3) is 0.0857. The highest BCUT2D eigenvalue weighted by molar-refractivity contribution is 6.93. The van der Waals surface area contributed by atoms with E-state index in [0.717, 1.165) is 50.3 Å². The number of benzene rings is 12. The van der Waals surface area contributed by atoms with Crippen LogP contribution in [-0.2, 0) is 0 Å². The van der Waals surface area contributed by atoms with E-state index in [1.165, 1.54) is 75.7 Å². The first-order chi connectivity index (χ1) is 36.4. The van der Waals surface area contributed by atoms with Crippen LogP contribution in [0.2, 0.25) is 39.3 Å². The Labute approximate surface area is 441 Å². The second-order valence-electron chi connectivity index (χ2n) is 22.2. The van der Waals surface area contributed by atoms with Crippen molar-refractivity contribution in [3.05, 3.63) is 242 Å². The van der Waals surface area contributed by atoms with Gasteiger partial charge in [0.25, 0.3) is 0 Å². The van der Waals surface area contributed by atoms with Gasteiger partial charge in [-0.25, -0.2) is 4.39 Å². The molecule has 362 valence electrons. The molecule has 0 unspecified atom stereocenters. The van der Waals surface area contributed by atoms with Gasteiger partial charge >= 0.3 is 0 Å². The van der Waals surface area contributed by atoms with Gasteiger partial charge < -0.3 is 9.47 Å². The molecule has 12 aromatic carbocycles. The number of hydrogen-bond acceptors (Lipinski definition) is 1. The molecule has 0 aliphatic heterocycles. The Morgan fingerprint density at radius 3 is 1.57 bits per heavy atom. The average molecular weight is 1000 g/mol. The molecule has 0 saturated heterocycles. The molecular formula is C70H57FN2Si2. The predicted molar refractivity (Wildman–Crippen MR) is 327 cm³/mol. The molecule has 1 aromatic heterocycles. The van der Waals surface area contributed by atoms with E-state index in [4.69, 9.17) is 0 Å². The molecule has 0 aliphatic rings. The largest absolute Gasteiger partial charge is 0.309 e. The van der Waals surface area contributed by atoms with Crippen molar-refractivity contribution in [1.29, 1.82) is 0 Å². The van der Waals surface area contributed by atoms with Gasteiger partial charge in [-0.05, 0) is 119 Å². The molecule has 0 aliphatic carbocycles. The van der Waals surface area contributed by atoms with Crippen molar-refractivity contribution in [2.24, 2.45) is 0 Å². The number of anilines is 3. The van der Waals surface area contributed by atoms with Crippen LogP contribution in [0.5, 0.6) is 0 Å². The molecule has 0 saturated carbocycles. The van der Waals surface area contributed by atoms with Crippen LogP contribution in [0.3, 0.4) is 0 Å². The van der Waals surface area contributed by atoms with Crippen LogP contribution < -0.4 is 15.3 Å². The lowest BCUT2D eigenvalue weighted by Crippen LogP contribution is -2.40. The van der Waals surface area contributed by atoms with Crippen LogP contribution in [-0.4, -0.2) is 20.7 Å². The van der Waals surface area contributed by atoms with Crippen molar-refractivity contribution < 1.29 is 4.39 Å². The first-order valence-electron chi connectivity index (χ1n) is 26.2. The van der Waals surface area contributed by atoms with Gasteiger partial charge in [0, 0.05) is 33.3 Å². The second-order valence-corrected chi connectivity index (χ2v) is 32.2. The van der Waals surface area contributed by atoms with Crippen LogP contribution in [0.4, 0.5) is 21.5 Å². The number of halogens is 1. The predicted octanol–water partition coefficient (Wildman–Crippen LogP) is 19.0. The quantitative estimate of drug-likeness (QED) is 0.0979. The highest BCUT2D eigenvalue weighted by Gasteiger charge is 2.32. The topological polar surface area (TPSA) is 8.17 Å². The van der Waals surface area contributed by atoms with Crippen LogP contribution in [0.1, 0.15) is 0 Å². The second kappa shape index (κ2) is 17.9. The van der Waals surface area contributed by atoms with Crippen LogP contribution in [0, 0.1) is 5.82 Å². The Hall–Kier alpha value is -8.36. The summed E-state index contributed by atoms with van der Waals surface area (Å²) in [6, 6.07) is 84.2. The molecule has 0 amide bonds. The first kappa shape index (κ1) is 46.4. The van der Waals surface area contributed by atoms with Gasteiger partial charge in [0.1, 0.15) is 5.82 Å². The van der Waals surface area contributed by atoms with Crippen molar-refractivity contribution in [1.82, 2.24) is 4.57 Å². The summed E-state index contributed by atoms with van der Waals surface area (Å²) in [4.78, 5) is 2.14. The molecule has 0 fully saturated rings. The van der Waals surface area contributed by atoms with Crippen molar-refractivity contribution in [3.63, 3.8) is 0 Å². The fourth-order valence-electron chi connectivity index (χ4n) is 12.2. The zero-order valence-corrected chi connectivity index (χ0v) is 45.3. The summed E-state index contributed by atoms with van der Waals surface area (Å²) in [7, 11) is -3.99. The summed E-state index contributed by atoms with van der Waals surface area (Å²) >= 11 is 0. The minimum absolute atomic E-state index is 0.299. The minimum atomic E-state index is -2.04. The lowest BCUT2D eigenvalue weighted by Gasteiger charge is -2.31. The lowest BCUT2D eigenvalue weighted by atomic mass is 9.88. The zero-order chi connectivity index (χ0) is 51.2. The molecule has 1 heterocycles. The van der Waals surface area contributed by atoms with E-state index < -0.39 is 16.1 Å². The van der Waals surface area contributed by atoms with Gasteiger partial charge in [0.15, 0.2) is 0 Å². The van der Waals surface area contributed by atoms with E-state index in [0.29, 0.717) is 5.69 Å². The molecule has 0 spiro atoms. The zero-order valence-electron chi connectivity index (χ0n) is 43.3. The van der Waals surface area contributed by atoms with E-state index >= 15 is 4.39 Å². The van der Waals surface area contributed by atoms with Gasteiger partial charge in [0.2, 0.25) is 0 Å². The molecule has 75 heavy (non-hydrogen) atoms. The first-order valence-corrected chi connectivity index (χ1v) is 33.2. The standard InChI is InChI=1S/C70H57FN2Si2/c1-74(2,3)64-45-59(54-39-42-58-66-57(41-40-56(64)65(54)66)67-55-32-20-22-34-63(55)73(51-29-17-10-18-30-51)69(67)70(58)75(4,5)6)49-35-37-52(38-36-49)72(62-33-21-19-31-53(62)47-25-13-8-14-26-47)68-60(48-27-15-9-16-28-48)43-50(44-61(68)71)46-23-11-7-12-24-46/h7-45H,1-6H3. The molecule has 0 radical (unpaired) electrons. The third-order valence-corrected chi connectivity index (χ3v) is 19.4. The Morgan fingerprint density at radius 2 is 0.907 bits per heavy atom. The summed E-state index contributed by atoms with van der Waals surface area (Å²) in [5.74, 6) is -0.299. The molecule has 13 aromatic rings. The average Bonchev–Trinajstić information content (AvgIpc) is 3.78. The van der Waals surface area contributed by atoms with Crippen LogP contribution >= 0.6 is 0 Å². The summed E-state index contributed by atoms with van der Waals surface area (Å²) < 4.78 is 20.4. The molecule has 2 nitrogen and oxygen atoms in total. The fourth-order valence-corrected chi connectivity index (χ4v) is 15.7. The summed E-state index contributed by atoms with van der Waals surface area (Å²) in [5, 5.41) is 13.6. The summed E-state index contributed by atoms with van der Waals surface area (Å²) in [6.07, 6.45) is 0. The van der Waals surface area contributed by atoms with E-state index in [2.05, 4.69) is 225 Å². The van der Waals surface area contributed by atoms with Gasteiger partial charge in [0.05, 0.1) is 38.6 Å². The van der Waals surface area contributed by atoms with Gasteiger partial charge in [-0.1, -0.05) is 233 Å². The molecule has 0 bridgehead atoms. The highest BCUT2D eigenvalue weighted by atomic mass is 28.3. The summed E-state index contributed by atoms with van der Waals surface area (Å²) in [5.41, 5.74) is 14.0. The molecular weight excluding hydrogens is 944 g/mol. The monoisotopic (exact) mass is 1000 g/mol. The maximum Gasteiger partial charge on any atom is 0.148 e. The van der Waals surface area contributed by atoms with Crippen LogP contribution in [0.25, 0.3) is 104 Å². The van der Waals surface area contributed by atoms with E-state index in [1.54, 1.807) is 6.07 Å². The Balaban J connectivity index is 1.07. The lowest BCUT2D eigenvalue weighted by molar-refractivity contribution is 0.630. The number of fused-ring (bicyclic) bond motifs is 4. The van der Waals surface area contributed by atoms with Gasteiger partial charge in [-0.15, -0.1) is 0 Å². The maximum absolute atomic E-state index is 17.8. The number of hydrogen-bond donors (Lipinski definition) is 0. The Morgan fingerprint density at radius 1 is 0.373 bits per heavy atom. The minimum Gasteiger partial charge on any atom is -0.309 e. The number of para-hydroxylation sites is 3. The number of aromatic nitrogens is 1. The molecule has 0 atom stereocenters. The van der Waals surface area contributed by atoms with Crippen molar-refractivity contribution in [2.75, 3.05) is 4.90 Å². The third-order valence-electron chi connectivity index (χ3n) is 15.4. The van der Waals surface area contributed by atoms with Crippen LogP contribution in [0.15, 0.2) is 237 Å². The molecule has 13 rings (SSSR count). The smallest absolute Gasteiger partial charge is 0.148 e. The SMILES string of the molecule is C[Si](C)(C)c1cc(-c2ccc(N(c3ccccc3-c3ccccc3)c3c(F)cc(-c4ccccc4)cc3-c3ccccc3)cc2)c2ccc3c([Si](C)(C)C)c4c(c5ccc1c2c35)c1ccccc1n4-c1ccccc1. The molecule has 0 N–H and O–H groups in total. The van der Waals surface area contributed by atoms with E-state index in [1.807, 2.05) is 54.6 Å².